The van der Waals surface area contributed by atoms with E-state index >= 15 is 0 Å². The number of pyridine rings is 1. The van der Waals surface area contributed by atoms with Crippen LogP contribution in [0.5, 0.6) is 0 Å². The van der Waals surface area contributed by atoms with Crippen molar-refractivity contribution in [3.63, 3.8) is 0 Å². The first-order valence-electron chi connectivity index (χ1n) is 6.82. The van der Waals surface area contributed by atoms with Crippen LogP contribution in [0.25, 0.3) is 10.8 Å². The zero-order valence-corrected chi connectivity index (χ0v) is 12.0. The zero-order chi connectivity index (χ0) is 17.4. The van der Waals surface area contributed by atoms with E-state index in [2.05, 4.69) is 0 Å². The molecule has 0 saturated carbocycles. The molecule has 1 heterocycles. The first kappa shape index (κ1) is 16.0. The fourth-order valence-corrected chi connectivity index (χ4v) is 2.37. The number of benzene rings is 2. The van der Waals surface area contributed by atoms with E-state index < -0.39 is 47.0 Å². The smallest absolute Gasteiger partial charge is 0.233 e. The molecule has 2 aromatic carbocycles. The Morgan fingerprint density at radius 1 is 0.792 bits per heavy atom. The van der Waals surface area contributed by atoms with Gasteiger partial charge in [-0.05, 0) is 11.5 Å². The molecule has 7 heteroatoms. The molecule has 24 heavy (non-hydrogen) atoms. The van der Waals surface area contributed by atoms with Gasteiger partial charge in [-0.3, -0.25) is 4.79 Å². The molecule has 0 radical (unpaired) electrons. The van der Waals surface area contributed by atoms with Crippen molar-refractivity contribution in [1.29, 1.82) is 0 Å². The van der Waals surface area contributed by atoms with E-state index in [0.717, 1.165) is 10.8 Å². The monoisotopic (exact) mass is 338 g/mol. The minimum Gasteiger partial charge on any atom is -0.287 e. The largest absolute Gasteiger partial charge is 0.287 e. The van der Waals surface area contributed by atoms with Crippen molar-refractivity contribution in [2.45, 2.75) is 6.54 Å². The van der Waals surface area contributed by atoms with Crippen LogP contribution in [0.3, 0.4) is 0 Å². The average molecular weight is 338 g/mol. The van der Waals surface area contributed by atoms with Crippen molar-refractivity contribution in [2.75, 3.05) is 0 Å². The van der Waals surface area contributed by atoms with Crippen molar-refractivity contribution < 1.29 is 31.3 Å². The van der Waals surface area contributed by atoms with E-state index in [1.807, 2.05) is 12.1 Å². The molecular weight excluding hydrogens is 329 g/mol. The van der Waals surface area contributed by atoms with Crippen LogP contribution in [0.4, 0.5) is 22.0 Å². The minimum absolute atomic E-state index is 0.566. The molecule has 0 bridgehead atoms. The number of carbonyl (C=O) groups excluding carboxylic acids is 1. The van der Waals surface area contributed by atoms with Gasteiger partial charge >= 0.3 is 0 Å². The summed E-state index contributed by atoms with van der Waals surface area (Å²) in [4.78, 5) is 12.1. The maximum Gasteiger partial charge on any atom is 0.233 e. The molecule has 2 nitrogen and oxygen atoms in total. The van der Waals surface area contributed by atoms with Crippen molar-refractivity contribution in [2.24, 2.45) is 0 Å². The van der Waals surface area contributed by atoms with E-state index in [9.17, 15) is 26.7 Å². The van der Waals surface area contributed by atoms with Gasteiger partial charge in [-0.2, -0.15) is 4.57 Å². The Morgan fingerprint density at radius 2 is 1.33 bits per heavy atom. The molecule has 0 spiro atoms. The fraction of sp³-hybridized carbons (Fsp3) is 0.0588. The Bertz CT molecular complexity index is 942. The number of nitrogens with zero attached hydrogens (tertiary/aromatic N) is 1. The molecule has 0 fully saturated rings. The van der Waals surface area contributed by atoms with Gasteiger partial charge < -0.3 is 0 Å². The number of halogens is 5. The van der Waals surface area contributed by atoms with Crippen LogP contribution < -0.4 is 4.57 Å². The number of fused-ring (bicyclic) bond motifs is 1. The van der Waals surface area contributed by atoms with Crippen molar-refractivity contribution in [3.05, 3.63) is 77.4 Å². The van der Waals surface area contributed by atoms with Crippen LogP contribution in [0, 0.1) is 29.1 Å². The summed E-state index contributed by atoms with van der Waals surface area (Å²) >= 11 is 0. The molecule has 0 unspecified atom stereocenters. The topological polar surface area (TPSA) is 20.9 Å². The molecule has 0 aliphatic carbocycles. The summed E-state index contributed by atoms with van der Waals surface area (Å²) in [5.74, 6) is -12.0. The first-order valence-corrected chi connectivity index (χ1v) is 6.82. The predicted octanol–water partition coefficient (Wildman–Crippen LogP) is 3.71. The Kier molecular flexibility index (Phi) is 4.01. The third-order valence-corrected chi connectivity index (χ3v) is 3.56. The number of rotatable bonds is 3. The minimum atomic E-state index is -2.29. The van der Waals surface area contributed by atoms with Crippen LogP contribution in [0.1, 0.15) is 10.4 Å². The fourth-order valence-electron chi connectivity index (χ4n) is 2.37. The molecule has 0 saturated heterocycles. The molecule has 3 rings (SSSR count). The maximum absolute atomic E-state index is 13.7. The van der Waals surface area contributed by atoms with Crippen molar-refractivity contribution in [3.8, 4) is 0 Å². The molecule has 0 aliphatic rings. The van der Waals surface area contributed by atoms with Gasteiger partial charge in [0.15, 0.2) is 35.7 Å². The molecule has 0 amide bonds. The lowest BCUT2D eigenvalue weighted by atomic mass is 10.1. The normalized spacial score (nSPS) is 11.0. The van der Waals surface area contributed by atoms with E-state index in [-0.39, 0.29) is 0 Å². The molecule has 3 aromatic rings. The number of Topliss-reactive ketones (excluding diaryl/α,β-unsaturated/α-hetero) is 1. The second-order valence-corrected chi connectivity index (χ2v) is 5.11. The molecule has 122 valence electrons. The molecular formula is C17H9F5NO+. The Labute approximate surface area is 132 Å². The summed E-state index contributed by atoms with van der Waals surface area (Å²) in [6.07, 6.45) is 3.02. The number of hydrogen-bond donors (Lipinski definition) is 0. The zero-order valence-electron chi connectivity index (χ0n) is 12.0. The Hall–Kier alpha value is -2.83. The van der Waals surface area contributed by atoms with Gasteiger partial charge in [-0.1, -0.05) is 18.2 Å². The summed E-state index contributed by atoms with van der Waals surface area (Å²) in [5.41, 5.74) is -1.44. The van der Waals surface area contributed by atoms with Crippen LogP contribution in [-0.2, 0) is 6.54 Å². The second-order valence-electron chi connectivity index (χ2n) is 5.11. The van der Waals surface area contributed by atoms with E-state index in [0.29, 0.717) is 0 Å². The quantitative estimate of drug-likeness (QED) is 0.234. The number of ketones is 1. The van der Waals surface area contributed by atoms with E-state index in [4.69, 9.17) is 0 Å². The number of hydrogen-bond acceptors (Lipinski definition) is 1. The van der Waals surface area contributed by atoms with Crippen molar-refractivity contribution >= 4 is 16.6 Å². The second kappa shape index (κ2) is 5.99. The van der Waals surface area contributed by atoms with Gasteiger partial charge in [0.25, 0.3) is 0 Å². The van der Waals surface area contributed by atoms with Crippen molar-refractivity contribution in [1.82, 2.24) is 0 Å². The highest BCUT2D eigenvalue weighted by atomic mass is 19.2. The summed E-state index contributed by atoms with van der Waals surface area (Å²) in [5, 5.41) is 1.63. The van der Waals surface area contributed by atoms with Gasteiger partial charge in [-0.15, -0.1) is 0 Å². The Morgan fingerprint density at radius 3 is 1.96 bits per heavy atom. The molecule has 0 aliphatic heterocycles. The summed E-state index contributed by atoms with van der Waals surface area (Å²) in [6.45, 7) is -0.566. The summed E-state index contributed by atoms with van der Waals surface area (Å²) < 4.78 is 68.0. The number of carbonyl (C=O) groups is 1. The van der Waals surface area contributed by atoms with Crippen LogP contribution in [-0.4, -0.2) is 5.78 Å². The third kappa shape index (κ3) is 2.62. The van der Waals surface area contributed by atoms with Gasteiger partial charge in [0.1, 0.15) is 5.56 Å². The lowest BCUT2D eigenvalue weighted by Crippen LogP contribution is -2.38. The van der Waals surface area contributed by atoms with E-state index in [1.54, 1.807) is 24.4 Å². The summed E-state index contributed by atoms with van der Waals surface area (Å²) in [6, 6.07) is 8.83. The van der Waals surface area contributed by atoms with E-state index in [1.165, 1.54) is 10.8 Å². The molecule has 0 atom stereocenters. The first-order chi connectivity index (χ1) is 11.4. The van der Waals surface area contributed by atoms with Gasteiger partial charge in [0.2, 0.25) is 18.1 Å². The van der Waals surface area contributed by atoms with Crippen LogP contribution >= 0.6 is 0 Å². The van der Waals surface area contributed by atoms with Gasteiger partial charge in [0, 0.05) is 11.5 Å². The standard InChI is InChI=1S/C17H9F5NO/c18-13-12(14(19)16(21)17(22)15(13)20)11(24)8-23-6-5-9-3-1-2-4-10(9)7-23/h1-7H,8H2/q+1. The highest BCUT2D eigenvalue weighted by Gasteiger charge is 2.31. The number of aromatic nitrogens is 1. The molecule has 1 aromatic heterocycles. The third-order valence-electron chi connectivity index (χ3n) is 3.56. The SMILES string of the molecule is O=C(C[n+]1ccc2ccccc2c1)c1c(F)c(F)c(F)c(F)c1F. The highest BCUT2D eigenvalue weighted by Crippen LogP contribution is 2.23. The van der Waals surface area contributed by atoms with Gasteiger partial charge in [0.05, 0.1) is 0 Å². The van der Waals surface area contributed by atoms with Crippen LogP contribution in [0.15, 0.2) is 42.7 Å². The summed E-state index contributed by atoms with van der Waals surface area (Å²) in [7, 11) is 0. The lowest BCUT2D eigenvalue weighted by molar-refractivity contribution is -0.681. The Balaban J connectivity index is 2.00. The van der Waals surface area contributed by atoms with Gasteiger partial charge in [-0.25, -0.2) is 22.0 Å². The molecule has 0 N–H and O–H groups in total. The highest BCUT2D eigenvalue weighted by molar-refractivity contribution is 5.95. The van der Waals surface area contributed by atoms with Crippen LogP contribution in [0.2, 0.25) is 0 Å². The maximum atomic E-state index is 13.7. The average Bonchev–Trinajstić information content (AvgIpc) is 2.58. The lowest BCUT2D eigenvalue weighted by Gasteiger charge is -2.06. The predicted molar refractivity (Wildman–Crippen MR) is 74.7 cm³/mol.